The molecule has 1 rings (SSSR count). The van der Waals surface area contributed by atoms with E-state index < -0.39 is 5.41 Å². The Morgan fingerprint density at radius 2 is 1.90 bits per heavy atom. The normalized spacial score (nSPS) is 14.6. The van der Waals surface area contributed by atoms with E-state index in [1.54, 1.807) is 0 Å². The molecule has 0 saturated carbocycles. The van der Waals surface area contributed by atoms with Crippen molar-refractivity contribution in [2.24, 2.45) is 5.41 Å². The molecule has 0 aliphatic heterocycles. The molecule has 1 aromatic carbocycles. The molecule has 0 saturated heterocycles. The lowest BCUT2D eigenvalue weighted by atomic mass is 9.73. The van der Waals surface area contributed by atoms with Crippen LogP contribution in [0.1, 0.15) is 44.7 Å². The first-order chi connectivity index (χ1) is 9.75. The maximum Gasteiger partial charge on any atom is 0.315 e. The minimum Gasteiger partial charge on any atom is -0.468 e. The van der Waals surface area contributed by atoms with E-state index in [-0.39, 0.29) is 11.4 Å². The molecule has 0 fully saturated rings. The molecule has 1 unspecified atom stereocenters. The quantitative estimate of drug-likeness (QED) is 0.782. The van der Waals surface area contributed by atoms with E-state index >= 15 is 0 Å². The van der Waals surface area contributed by atoms with Crippen molar-refractivity contribution in [3.05, 3.63) is 35.4 Å². The summed E-state index contributed by atoms with van der Waals surface area (Å²) in [6.07, 6.45) is 1.73. The lowest BCUT2D eigenvalue weighted by Gasteiger charge is -2.32. The fourth-order valence-electron chi connectivity index (χ4n) is 2.73. The van der Waals surface area contributed by atoms with E-state index in [1.807, 2.05) is 39.1 Å². The van der Waals surface area contributed by atoms with E-state index in [0.29, 0.717) is 0 Å². The van der Waals surface area contributed by atoms with Crippen LogP contribution >= 0.6 is 0 Å². The fraction of sp³-hybridized carbons (Fsp3) is 0.611. The number of aryl methyl sites for hydroxylation is 1. The summed E-state index contributed by atoms with van der Waals surface area (Å²) in [6, 6.07) is 8.16. The van der Waals surface area contributed by atoms with E-state index in [2.05, 4.69) is 25.2 Å². The molecule has 0 aromatic heterocycles. The van der Waals surface area contributed by atoms with Crippen LogP contribution in [0.2, 0.25) is 0 Å². The molecule has 0 heterocycles. The Kier molecular flexibility index (Phi) is 5.97. The molecule has 3 nitrogen and oxygen atoms in total. The predicted octanol–water partition coefficient (Wildman–Crippen LogP) is 3.45. The Balaban J connectivity index is 3.03. The number of benzene rings is 1. The summed E-state index contributed by atoms with van der Waals surface area (Å²) in [4.78, 5) is 12.4. The van der Waals surface area contributed by atoms with Crippen LogP contribution in [0.4, 0.5) is 0 Å². The maximum absolute atomic E-state index is 12.4. The van der Waals surface area contributed by atoms with E-state index in [0.717, 1.165) is 30.5 Å². The molecule has 1 N–H and O–H groups in total. The first-order valence-electron chi connectivity index (χ1n) is 7.55. The molecule has 0 spiro atoms. The van der Waals surface area contributed by atoms with E-state index in [9.17, 15) is 4.79 Å². The Bertz CT molecular complexity index is 482. The van der Waals surface area contributed by atoms with Crippen molar-refractivity contribution in [1.82, 2.24) is 5.32 Å². The van der Waals surface area contributed by atoms with Crippen LogP contribution in [0.15, 0.2) is 24.3 Å². The number of carbonyl (C=O) groups is 1. The van der Waals surface area contributed by atoms with E-state index in [4.69, 9.17) is 4.74 Å². The largest absolute Gasteiger partial charge is 0.468 e. The summed E-state index contributed by atoms with van der Waals surface area (Å²) >= 11 is 0. The van der Waals surface area contributed by atoms with Gasteiger partial charge in [-0.3, -0.25) is 4.79 Å². The molecule has 0 aliphatic rings. The number of nitrogens with one attached hydrogen (secondary N) is 1. The molecule has 0 aliphatic carbocycles. The number of hydrogen-bond acceptors (Lipinski definition) is 3. The van der Waals surface area contributed by atoms with Gasteiger partial charge >= 0.3 is 5.97 Å². The Morgan fingerprint density at radius 3 is 2.43 bits per heavy atom. The highest BCUT2D eigenvalue weighted by molar-refractivity contribution is 5.82. The highest BCUT2D eigenvalue weighted by Gasteiger charge is 2.37. The zero-order valence-electron chi connectivity index (χ0n) is 14.2. The van der Waals surface area contributed by atoms with Gasteiger partial charge in [0, 0.05) is 0 Å². The first-order valence-corrected chi connectivity index (χ1v) is 7.55. The lowest BCUT2D eigenvalue weighted by molar-refractivity contribution is -0.147. The molecule has 0 radical (unpaired) electrons. The number of hydrogen-bond donors (Lipinski definition) is 1. The fourth-order valence-corrected chi connectivity index (χ4v) is 2.73. The van der Waals surface area contributed by atoms with Crippen LogP contribution < -0.4 is 5.32 Å². The summed E-state index contributed by atoms with van der Waals surface area (Å²) in [7, 11) is 3.43. The third-order valence-corrected chi connectivity index (χ3v) is 4.25. The maximum atomic E-state index is 12.4. The van der Waals surface area contributed by atoms with Gasteiger partial charge in [0.25, 0.3) is 0 Å². The average molecular weight is 291 g/mol. The third kappa shape index (κ3) is 4.57. The summed E-state index contributed by atoms with van der Waals surface area (Å²) in [6.45, 7) is 9.40. The minimum atomic E-state index is -0.591. The van der Waals surface area contributed by atoms with Gasteiger partial charge in [0.1, 0.15) is 0 Å². The number of esters is 1. The van der Waals surface area contributed by atoms with Crippen LogP contribution in [0.25, 0.3) is 0 Å². The average Bonchev–Trinajstić information content (AvgIpc) is 2.44. The molecular formula is C18H29NO2. The summed E-state index contributed by atoms with van der Waals surface area (Å²) in [5.41, 5.74) is 1.76. The van der Waals surface area contributed by atoms with E-state index in [1.165, 1.54) is 7.11 Å². The van der Waals surface area contributed by atoms with Crippen LogP contribution in [0, 0.1) is 12.3 Å². The third-order valence-electron chi connectivity index (χ3n) is 4.25. The standard InChI is InChI=1S/C18H29NO2/c1-14-8-7-9-15(12-14)18(4,16(20)21-6)11-10-17(2,3)13-19-5/h7-9,12,19H,10-11,13H2,1-6H3. The number of rotatable bonds is 7. The minimum absolute atomic E-state index is 0.147. The topological polar surface area (TPSA) is 38.3 Å². The second-order valence-corrected chi connectivity index (χ2v) is 6.89. The summed E-state index contributed by atoms with van der Waals surface area (Å²) in [5.74, 6) is -0.159. The van der Waals surface area contributed by atoms with Crippen molar-refractivity contribution < 1.29 is 9.53 Å². The summed E-state index contributed by atoms with van der Waals surface area (Å²) in [5, 5.41) is 3.22. The van der Waals surface area contributed by atoms with Gasteiger partial charge in [-0.15, -0.1) is 0 Å². The molecule has 3 heteroatoms. The van der Waals surface area contributed by atoms with Crippen molar-refractivity contribution in [2.75, 3.05) is 20.7 Å². The smallest absolute Gasteiger partial charge is 0.315 e. The van der Waals surface area contributed by atoms with Crippen LogP contribution in [0.5, 0.6) is 0 Å². The summed E-state index contributed by atoms with van der Waals surface area (Å²) < 4.78 is 5.08. The highest BCUT2D eigenvalue weighted by atomic mass is 16.5. The number of ether oxygens (including phenoxy) is 1. The molecule has 0 amide bonds. The number of methoxy groups -OCH3 is 1. The van der Waals surface area contributed by atoms with Crippen LogP contribution in [-0.2, 0) is 14.9 Å². The zero-order valence-corrected chi connectivity index (χ0v) is 14.2. The Labute approximate surface area is 129 Å². The van der Waals surface area contributed by atoms with Crippen molar-refractivity contribution in [3.8, 4) is 0 Å². The monoisotopic (exact) mass is 291 g/mol. The highest BCUT2D eigenvalue weighted by Crippen LogP contribution is 2.35. The molecule has 0 bridgehead atoms. The second-order valence-electron chi connectivity index (χ2n) is 6.89. The van der Waals surface area contributed by atoms with Crippen molar-refractivity contribution in [1.29, 1.82) is 0 Å². The number of carbonyl (C=O) groups excluding carboxylic acids is 1. The van der Waals surface area contributed by atoms with Crippen LogP contribution in [-0.4, -0.2) is 26.7 Å². The first kappa shape index (κ1) is 17.7. The van der Waals surface area contributed by atoms with Crippen molar-refractivity contribution >= 4 is 5.97 Å². The molecule has 118 valence electrons. The van der Waals surface area contributed by atoms with Gasteiger partial charge < -0.3 is 10.1 Å². The predicted molar refractivity (Wildman–Crippen MR) is 87.5 cm³/mol. The van der Waals surface area contributed by atoms with Gasteiger partial charge in [0.05, 0.1) is 12.5 Å². The Morgan fingerprint density at radius 1 is 1.24 bits per heavy atom. The second kappa shape index (κ2) is 7.08. The van der Waals surface area contributed by atoms with Gasteiger partial charge in [-0.2, -0.15) is 0 Å². The zero-order chi connectivity index (χ0) is 16.1. The van der Waals surface area contributed by atoms with Gasteiger partial charge in [0.2, 0.25) is 0 Å². The SMILES string of the molecule is CNCC(C)(C)CCC(C)(C(=O)OC)c1cccc(C)c1. The van der Waals surface area contributed by atoms with Crippen LogP contribution in [0.3, 0.4) is 0 Å². The van der Waals surface area contributed by atoms with Gasteiger partial charge in [-0.05, 0) is 51.3 Å². The van der Waals surface area contributed by atoms with Gasteiger partial charge in [0.15, 0.2) is 0 Å². The van der Waals surface area contributed by atoms with Gasteiger partial charge in [-0.25, -0.2) is 0 Å². The molecule has 21 heavy (non-hydrogen) atoms. The Hall–Kier alpha value is -1.35. The molecule has 1 aromatic rings. The van der Waals surface area contributed by atoms with Gasteiger partial charge in [-0.1, -0.05) is 43.7 Å². The molecule has 1 atom stereocenters. The molecular weight excluding hydrogens is 262 g/mol. The lowest BCUT2D eigenvalue weighted by Crippen LogP contribution is -2.36. The van der Waals surface area contributed by atoms with Crippen molar-refractivity contribution in [3.63, 3.8) is 0 Å². The van der Waals surface area contributed by atoms with Crippen molar-refractivity contribution in [2.45, 2.75) is 46.0 Å².